The Morgan fingerprint density at radius 3 is 2.42 bits per heavy atom. The quantitative estimate of drug-likeness (QED) is 0.476. The molecule has 0 amide bonds. The number of aliphatic hydroxyl groups excluding tert-OH is 3. The fraction of sp³-hybridized carbons (Fsp3) is 1.00. The average molecular weight is 180 g/mol. The van der Waals surface area contributed by atoms with E-state index >= 15 is 0 Å². The molecule has 1 saturated heterocycles. The van der Waals surface area contributed by atoms with Crippen molar-refractivity contribution in [2.75, 3.05) is 20.3 Å². The molecule has 0 aromatic rings. The van der Waals surface area contributed by atoms with E-state index in [-0.39, 0.29) is 13.6 Å². The van der Waals surface area contributed by atoms with Crippen LogP contribution in [-0.4, -0.2) is 64.8 Å². The van der Waals surface area contributed by atoms with Crippen molar-refractivity contribution < 1.29 is 21.1 Å². The normalized spacial score (nSPS) is 44.8. The molecule has 0 saturated carbocycles. The van der Waals surface area contributed by atoms with E-state index in [4.69, 9.17) is 6.48 Å². The van der Waals surface area contributed by atoms with E-state index in [9.17, 15) is 14.6 Å². The van der Waals surface area contributed by atoms with E-state index in [1.165, 1.54) is 4.90 Å². The van der Waals surface area contributed by atoms with E-state index in [2.05, 4.69) is 0 Å². The fourth-order valence-electron chi connectivity index (χ4n) is 1.49. The van der Waals surface area contributed by atoms with Gasteiger partial charge in [-0.05, 0) is 7.02 Å². The summed E-state index contributed by atoms with van der Waals surface area (Å²) in [6.07, 6.45) is -2.39. The van der Waals surface area contributed by atoms with Gasteiger partial charge in [0.05, 0.1) is 30.9 Å². The molecule has 4 nitrogen and oxygen atoms in total. The summed E-state index contributed by atoms with van der Waals surface area (Å²) >= 11 is 0. The first-order chi connectivity index (χ1) is 6.17. The summed E-state index contributed by atoms with van der Waals surface area (Å²) < 4.78 is 19.5. The number of aliphatic hydroxyl groups is 3. The fourth-order valence-corrected chi connectivity index (χ4v) is 1.49. The molecule has 1 heterocycles. The Hall–Kier alpha value is -0.230. The molecule has 0 aromatic heterocycles. The number of hydrogen-bond donors (Lipinski definition) is 3. The highest BCUT2D eigenvalue weighted by Crippen LogP contribution is 2.23. The maximum atomic E-state index is 12.4. The third-order valence-electron chi connectivity index (χ3n) is 2.34. The standard InChI is InChI=1S/C7H14FNO3/c1-9-4(2-8)6(11)7(12)5(9)3-10/h4-7,10-12H,2-3H2,1H3/t4-,5-,6+,7+/m0/s1/i1D. The van der Waals surface area contributed by atoms with Crippen LogP contribution in [0.25, 0.3) is 0 Å². The zero-order valence-corrected chi connectivity index (χ0v) is 6.60. The van der Waals surface area contributed by atoms with Crippen LogP contribution in [0, 0.1) is 0 Å². The van der Waals surface area contributed by atoms with Gasteiger partial charge in [0, 0.05) is 1.37 Å². The molecule has 1 aliphatic rings. The van der Waals surface area contributed by atoms with Gasteiger partial charge in [-0.3, -0.25) is 4.90 Å². The van der Waals surface area contributed by atoms with Gasteiger partial charge in [0.25, 0.3) is 0 Å². The first kappa shape index (κ1) is 8.37. The van der Waals surface area contributed by atoms with Crippen LogP contribution in [0.1, 0.15) is 1.37 Å². The van der Waals surface area contributed by atoms with Crippen molar-refractivity contribution in [3.05, 3.63) is 0 Å². The number of nitrogens with zero attached hydrogens (tertiary/aromatic N) is 1. The summed E-state index contributed by atoms with van der Waals surface area (Å²) in [4.78, 5) is 1.26. The van der Waals surface area contributed by atoms with E-state index < -0.39 is 31.0 Å². The summed E-state index contributed by atoms with van der Waals surface area (Å²) in [5.41, 5.74) is 0. The van der Waals surface area contributed by atoms with E-state index in [1.54, 1.807) is 0 Å². The summed E-state index contributed by atoms with van der Waals surface area (Å²) in [5.74, 6) is 0. The third-order valence-corrected chi connectivity index (χ3v) is 2.34. The lowest BCUT2D eigenvalue weighted by atomic mass is 10.1. The van der Waals surface area contributed by atoms with Crippen LogP contribution in [0.4, 0.5) is 4.39 Å². The summed E-state index contributed by atoms with van der Waals surface area (Å²) in [7, 11) is -0.242. The van der Waals surface area contributed by atoms with Gasteiger partial charge in [-0.15, -0.1) is 0 Å². The first-order valence-electron chi connectivity index (χ1n) is 4.46. The summed E-state index contributed by atoms with van der Waals surface area (Å²) in [5, 5.41) is 27.5. The van der Waals surface area contributed by atoms with Crippen LogP contribution in [0.2, 0.25) is 0 Å². The smallest absolute Gasteiger partial charge is 0.108 e. The van der Waals surface area contributed by atoms with E-state index in [0.29, 0.717) is 0 Å². The molecule has 4 atom stereocenters. The monoisotopic (exact) mass is 180 g/mol. The van der Waals surface area contributed by atoms with Crippen molar-refractivity contribution in [3.63, 3.8) is 0 Å². The maximum Gasteiger partial charge on any atom is 0.108 e. The predicted molar refractivity (Wildman–Crippen MR) is 40.4 cm³/mol. The number of likely N-dealkylation sites (N-methyl/N-ethyl adjacent to an activating group) is 1. The topological polar surface area (TPSA) is 63.9 Å². The second-order valence-electron chi connectivity index (χ2n) is 2.97. The third kappa shape index (κ3) is 1.33. The molecule has 0 spiro atoms. The lowest BCUT2D eigenvalue weighted by Crippen LogP contribution is -2.39. The van der Waals surface area contributed by atoms with Crippen molar-refractivity contribution in [2.24, 2.45) is 0 Å². The second-order valence-corrected chi connectivity index (χ2v) is 2.97. The van der Waals surface area contributed by atoms with Crippen LogP contribution in [0.3, 0.4) is 0 Å². The predicted octanol–water partition coefficient (Wildman–Crippen LogP) is -1.65. The molecular weight excluding hydrogens is 165 g/mol. The van der Waals surface area contributed by atoms with Gasteiger partial charge in [-0.1, -0.05) is 0 Å². The molecule has 5 heteroatoms. The van der Waals surface area contributed by atoms with E-state index in [0.717, 1.165) is 0 Å². The van der Waals surface area contributed by atoms with Gasteiger partial charge < -0.3 is 15.3 Å². The van der Waals surface area contributed by atoms with Crippen LogP contribution in [0.15, 0.2) is 0 Å². The number of hydrogen-bond acceptors (Lipinski definition) is 4. The zero-order valence-electron chi connectivity index (χ0n) is 7.60. The molecular formula is C7H14FNO3. The first-order valence-corrected chi connectivity index (χ1v) is 3.75. The Bertz CT molecular complexity index is 158. The molecule has 1 aliphatic heterocycles. The molecule has 0 unspecified atom stereocenters. The molecule has 0 aromatic carbocycles. The Labute approximate surface area is 71.6 Å². The summed E-state index contributed by atoms with van der Waals surface area (Å²) in [6, 6.07) is -1.60. The Morgan fingerprint density at radius 2 is 2.00 bits per heavy atom. The Balaban J connectivity index is 2.76. The SMILES string of the molecule is [2H]CN1[C@@H](CO)[C@@H](O)[C@H](O)[C@@H]1CF. The molecule has 12 heavy (non-hydrogen) atoms. The lowest BCUT2D eigenvalue weighted by molar-refractivity contribution is 0.0167. The highest BCUT2D eigenvalue weighted by atomic mass is 19.1. The zero-order chi connectivity index (χ0) is 10.0. The van der Waals surface area contributed by atoms with Gasteiger partial charge in [0.15, 0.2) is 0 Å². The number of alkyl halides is 1. The number of halogens is 1. The van der Waals surface area contributed by atoms with Gasteiger partial charge in [0.1, 0.15) is 6.67 Å². The highest BCUT2D eigenvalue weighted by molar-refractivity contribution is 4.98. The minimum atomic E-state index is -1.22. The van der Waals surface area contributed by atoms with Crippen LogP contribution in [0.5, 0.6) is 0 Å². The largest absolute Gasteiger partial charge is 0.395 e. The molecule has 72 valence electrons. The Morgan fingerprint density at radius 1 is 1.42 bits per heavy atom. The van der Waals surface area contributed by atoms with Crippen molar-refractivity contribution in [1.82, 2.24) is 4.90 Å². The van der Waals surface area contributed by atoms with Crippen LogP contribution in [-0.2, 0) is 0 Å². The summed E-state index contributed by atoms with van der Waals surface area (Å²) in [6.45, 7) is -1.21. The van der Waals surface area contributed by atoms with Crippen molar-refractivity contribution in [2.45, 2.75) is 24.3 Å². The van der Waals surface area contributed by atoms with Gasteiger partial charge in [0.2, 0.25) is 0 Å². The lowest BCUT2D eigenvalue weighted by Gasteiger charge is -2.22. The van der Waals surface area contributed by atoms with Crippen molar-refractivity contribution >= 4 is 0 Å². The molecule has 1 fully saturated rings. The van der Waals surface area contributed by atoms with Gasteiger partial charge in [-0.2, -0.15) is 0 Å². The molecule has 0 aliphatic carbocycles. The van der Waals surface area contributed by atoms with Crippen LogP contribution >= 0.6 is 0 Å². The van der Waals surface area contributed by atoms with Crippen molar-refractivity contribution in [1.29, 1.82) is 0 Å². The van der Waals surface area contributed by atoms with Crippen molar-refractivity contribution in [3.8, 4) is 0 Å². The molecule has 1 rings (SSSR count). The Kier molecular flexibility index (Phi) is 2.55. The van der Waals surface area contributed by atoms with E-state index in [1.807, 2.05) is 0 Å². The average Bonchev–Trinajstić information content (AvgIpc) is 2.38. The molecule has 0 bridgehead atoms. The second kappa shape index (κ2) is 3.66. The van der Waals surface area contributed by atoms with Gasteiger partial charge in [-0.25, -0.2) is 4.39 Å². The minimum absolute atomic E-state index is 0.242. The number of likely N-dealkylation sites (tertiary alicyclic amines) is 1. The molecule has 3 N–H and O–H groups in total. The minimum Gasteiger partial charge on any atom is -0.395 e. The highest BCUT2D eigenvalue weighted by Gasteiger charge is 2.45. The number of rotatable bonds is 2. The maximum absolute atomic E-state index is 12.4. The van der Waals surface area contributed by atoms with Gasteiger partial charge >= 0.3 is 0 Å². The van der Waals surface area contributed by atoms with Crippen LogP contribution < -0.4 is 0 Å². The molecule has 0 radical (unpaired) electrons.